The molecule has 0 saturated carbocycles. The van der Waals surface area contributed by atoms with Crippen molar-refractivity contribution in [3.05, 3.63) is 21.6 Å². The molecule has 13 heavy (non-hydrogen) atoms. The summed E-state index contributed by atoms with van der Waals surface area (Å²) in [6.45, 7) is 0.903. The van der Waals surface area contributed by atoms with Gasteiger partial charge in [0.1, 0.15) is 5.82 Å². The lowest BCUT2D eigenvalue weighted by molar-refractivity contribution is 0.501. The molecule has 72 valence electrons. The Morgan fingerprint density at radius 3 is 3.31 bits per heavy atom. The molecule has 1 atom stereocenters. The van der Waals surface area contributed by atoms with Gasteiger partial charge in [-0.25, -0.2) is 4.39 Å². The van der Waals surface area contributed by atoms with Gasteiger partial charge in [0.25, 0.3) is 0 Å². The van der Waals surface area contributed by atoms with Crippen LogP contribution in [-0.2, 0) is 6.42 Å². The van der Waals surface area contributed by atoms with Crippen molar-refractivity contribution in [3.63, 3.8) is 0 Å². The average Bonchev–Trinajstić information content (AvgIpc) is 2.50. The average molecular weight is 199 g/mol. The second-order valence-electron chi connectivity index (χ2n) is 3.57. The van der Waals surface area contributed by atoms with Gasteiger partial charge in [0.2, 0.25) is 0 Å². The third-order valence-electron chi connectivity index (χ3n) is 2.68. The van der Waals surface area contributed by atoms with Crippen LogP contribution in [0.4, 0.5) is 4.39 Å². The summed E-state index contributed by atoms with van der Waals surface area (Å²) in [5, 5.41) is 4.78. The molecule has 0 aliphatic heterocycles. The van der Waals surface area contributed by atoms with Crippen LogP contribution in [0.5, 0.6) is 0 Å². The van der Waals surface area contributed by atoms with E-state index >= 15 is 0 Å². The van der Waals surface area contributed by atoms with Gasteiger partial charge in [-0.3, -0.25) is 0 Å². The van der Waals surface area contributed by atoms with Gasteiger partial charge in [-0.1, -0.05) is 0 Å². The monoisotopic (exact) mass is 199 g/mol. The first kappa shape index (κ1) is 9.16. The maximum absolute atomic E-state index is 13.4. The molecular weight excluding hydrogens is 185 g/mol. The Kier molecular flexibility index (Phi) is 2.65. The number of thiophene rings is 1. The predicted octanol–water partition coefficient (Wildman–Crippen LogP) is 2.53. The minimum absolute atomic E-state index is 0.0138. The van der Waals surface area contributed by atoms with E-state index in [4.69, 9.17) is 0 Å². The smallest absolute Gasteiger partial charge is 0.137 e. The van der Waals surface area contributed by atoms with Crippen molar-refractivity contribution in [2.75, 3.05) is 13.6 Å². The van der Waals surface area contributed by atoms with E-state index in [1.54, 1.807) is 16.7 Å². The number of fused-ring (bicyclic) bond motifs is 1. The van der Waals surface area contributed by atoms with Crippen molar-refractivity contribution in [3.8, 4) is 0 Å². The van der Waals surface area contributed by atoms with Gasteiger partial charge in [0, 0.05) is 28.3 Å². The Morgan fingerprint density at radius 2 is 2.54 bits per heavy atom. The van der Waals surface area contributed by atoms with E-state index in [0.717, 1.165) is 24.9 Å². The first-order chi connectivity index (χ1) is 6.33. The molecule has 0 bridgehead atoms. The van der Waals surface area contributed by atoms with Crippen molar-refractivity contribution in [1.82, 2.24) is 5.32 Å². The van der Waals surface area contributed by atoms with Crippen molar-refractivity contribution >= 4 is 11.3 Å². The summed E-state index contributed by atoms with van der Waals surface area (Å²) in [4.78, 5) is 1.27. The number of nitrogens with one attached hydrogen (secondary N) is 1. The van der Waals surface area contributed by atoms with Gasteiger partial charge in [0.05, 0.1) is 0 Å². The van der Waals surface area contributed by atoms with E-state index in [1.807, 2.05) is 7.05 Å². The van der Waals surface area contributed by atoms with E-state index in [2.05, 4.69) is 5.32 Å². The fraction of sp³-hybridized carbons (Fsp3) is 0.600. The van der Waals surface area contributed by atoms with Crippen LogP contribution in [0.25, 0.3) is 0 Å². The molecule has 1 aliphatic rings. The number of hydrogen-bond acceptors (Lipinski definition) is 2. The number of aryl methyl sites for hydroxylation is 1. The Labute approximate surface area is 82.0 Å². The summed E-state index contributed by atoms with van der Waals surface area (Å²) in [6.07, 6.45) is 3.41. The van der Waals surface area contributed by atoms with Crippen LogP contribution in [0, 0.1) is 5.82 Å². The maximum Gasteiger partial charge on any atom is 0.137 e. The lowest BCUT2D eigenvalue weighted by atomic mass is 9.87. The van der Waals surface area contributed by atoms with Crippen molar-refractivity contribution in [2.45, 2.75) is 25.2 Å². The standard InChI is InChI=1S/C10H14FNS/c1-12-5-7-3-2-4-9-10(7)8(11)6-13-9/h6-7,12H,2-5H2,1H3. The minimum Gasteiger partial charge on any atom is -0.319 e. The van der Waals surface area contributed by atoms with E-state index < -0.39 is 0 Å². The molecule has 1 aromatic rings. The van der Waals surface area contributed by atoms with E-state index in [0.29, 0.717) is 5.92 Å². The quantitative estimate of drug-likeness (QED) is 0.771. The zero-order chi connectivity index (χ0) is 9.26. The van der Waals surface area contributed by atoms with Crippen molar-refractivity contribution < 1.29 is 4.39 Å². The SMILES string of the molecule is CNCC1CCCc2scc(F)c21. The summed E-state index contributed by atoms with van der Waals surface area (Å²) in [6, 6.07) is 0. The zero-order valence-electron chi connectivity index (χ0n) is 7.77. The molecule has 0 spiro atoms. The normalized spacial score (nSPS) is 21.5. The first-order valence-electron chi connectivity index (χ1n) is 4.73. The Hall–Kier alpha value is -0.410. The Morgan fingerprint density at radius 1 is 1.69 bits per heavy atom. The zero-order valence-corrected chi connectivity index (χ0v) is 8.59. The molecule has 3 heteroatoms. The maximum atomic E-state index is 13.4. The largest absolute Gasteiger partial charge is 0.319 e. The molecule has 0 amide bonds. The van der Waals surface area contributed by atoms with Gasteiger partial charge in [0.15, 0.2) is 0 Å². The van der Waals surface area contributed by atoms with Crippen LogP contribution in [0.15, 0.2) is 5.38 Å². The van der Waals surface area contributed by atoms with Gasteiger partial charge in [-0.05, 0) is 26.3 Å². The summed E-state index contributed by atoms with van der Waals surface area (Å²) >= 11 is 1.58. The number of likely N-dealkylation sites (N-methyl/N-ethyl adjacent to an activating group) is 1. The van der Waals surface area contributed by atoms with Crippen LogP contribution in [0.2, 0.25) is 0 Å². The molecule has 0 fully saturated rings. The summed E-state index contributed by atoms with van der Waals surface area (Å²) in [5.74, 6) is 0.417. The number of halogens is 1. The number of hydrogen-bond donors (Lipinski definition) is 1. The molecule has 0 radical (unpaired) electrons. The van der Waals surface area contributed by atoms with Crippen molar-refractivity contribution in [1.29, 1.82) is 0 Å². The summed E-state index contributed by atoms with van der Waals surface area (Å²) in [5.41, 5.74) is 0.991. The van der Waals surface area contributed by atoms with Crippen LogP contribution in [0.1, 0.15) is 29.2 Å². The van der Waals surface area contributed by atoms with Crippen LogP contribution >= 0.6 is 11.3 Å². The van der Waals surface area contributed by atoms with Crippen LogP contribution < -0.4 is 5.32 Å². The van der Waals surface area contributed by atoms with Crippen LogP contribution in [-0.4, -0.2) is 13.6 Å². The molecule has 1 aromatic heterocycles. The van der Waals surface area contributed by atoms with Gasteiger partial charge in [-0.15, -0.1) is 11.3 Å². The second-order valence-corrected chi connectivity index (χ2v) is 4.53. The van der Waals surface area contributed by atoms with E-state index in [-0.39, 0.29) is 5.82 Å². The molecule has 1 N–H and O–H groups in total. The topological polar surface area (TPSA) is 12.0 Å². The molecule has 0 aromatic carbocycles. The molecular formula is C10H14FNS. The Bertz CT molecular complexity index is 295. The third kappa shape index (κ3) is 1.63. The highest BCUT2D eigenvalue weighted by Crippen LogP contribution is 2.36. The van der Waals surface area contributed by atoms with E-state index in [9.17, 15) is 4.39 Å². The molecule has 1 aliphatic carbocycles. The van der Waals surface area contributed by atoms with Crippen molar-refractivity contribution in [2.24, 2.45) is 0 Å². The van der Waals surface area contributed by atoms with Crippen LogP contribution in [0.3, 0.4) is 0 Å². The highest BCUT2D eigenvalue weighted by atomic mass is 32.1. The second kappa shape index (κ2) is 3.76. The number of rotatable bonds is 2. The van der Waals surface area contributed by atoms with Gasteiger partial charge < -0.3 is 5.32 Å². The first-order valence-corrected chi connectivity index (χ1v) is 5.61. The molecule has 2 rings (SSSR count). The highest BCUT2D eigenvalue weighted by Gasteiger charge is 2.24. The lowest BCUT2D eigenvalue weighted by Crippen LogP contribution is -2.21. The summed E-state index contributed by atoms with van der Waals surface area (Å²) in [7, 11) is 1.93. The molecule has 0 saturated heterocycles. The summed E-state index contributed by atoms with van der Waals surface area (Å²) < 4.78 is 13.4. The third-order valence-corrected chi connectivity index (χ3v) is 3.71. The molecule has 1 nitrogen and oxygen atoms in total. The fourth-order valence-corrected chi connectivity index (χ4v) is 3.13. The van der Waals surface area contributed by atoms with Gasteiger partial charge >= 0.3 is 0 Å². The van der Waals surface area contributed by atoms with E-state index in [1.165, 1.54) is 11.3 Å². The molecule has 1 unspecified atom stereocenters. The predicted molar refractivity (Wildman–Crippen MR) is 53.9 cm³/mol. The fourth-order valence-electron chi connectivity index (χ4n) is 2.10. The minimum atomic E-state index is 0.0138. The lowest BCUT2D eigenvalue weighted by Gasteiger charge is -2.22. The highest BCUT2D eigenvalue weighted by molar-refractivity contribution is 7.10. The Balaban J connectivity index is 2.29. The van der Waals surface area contributed by atoms with Gasteiger partial charge in [-0.2, -0.15) is 0 Å². The molecule has 1 heterocycles.